The molecule has 0 bridgehead atoms. The molecule has 1 N–H and O–H groups in total. The van der Waals surface area contributed by atoms with Crippen molar-refractivity contribution in [2.45, 2.75) is 6.54 Å². The van der Waals surface area contributed by atoms with Crippen molar-refractivity contribution >= 4 is 33.2 Å². The van der Waals surface area contributed by atoms with Gasteiger partial charge in [-0.3, -0.25) is 0 Å². The lowest BCUT2D eigenvalue weighted by atomic mass is 10.2. The Labute approximate surface area is 112 Å². The first-order valence-corrected chi connectivity index (χ1v) is 6.12. The number of nitrogens with zero attached hydrogens (tertiary/aromatic N) is 1. The fourth-order valence-corrected chi connectivity index (χ4v) is 1.79. The van der Waals surface area contributed by atoms with E-state index in [-0.39, 0.29) is 10.8 Å². The third-order valence-corrected chi connectivity index (χ3v) is 3.00. The molecule has 2 aromatic rings. The summed E-state index contributed by atoms with van der Waals surface area (Å²) in [5, 5.41) is 3.21. The Bertz CT molecular complexity index is 516. The molecule has 0 amide bonds. The van der Waals surface area contributed by atoms with Crippen molar-refractivity contribution in [3.8, 4) is 0 Å². The Morgan fingerprint density at radius 2 is 2.12 bits per heavy atom. The fraction of sp³-hybridized carbons (Fsp3) is 0.0833. The minimum Gasteiger partial charge on any atom is -0.380 e. The highest BCUT2D eigenvalue weighted by atomic mass is 79.9. The fourth-order valence-electron chi connectivity index (χ4n) is 1.36. The first kappa shape index (κ1) is 12.3. The van der Waals surface area contributed by atoms with Gasteiger partial charge in [0.05, 0.1) is 16.9 Å². The van der Waals surface area contributed by atoms with Crippen LogP contribution in [0.25, 0.3) is 0 Å². The highest BCUT2D eigenvalue weighted by Gasteiger charge is 2.05. The second-order valence-corrected chi connectivity index (χ2v) is 4.66. The van der Waals surface area contributed by atoms with Crippen molar-refractivity contribution in [3.05, 3.63) is 57.5 Å². The van der Waals surface area contributed by atoms with Gasteiger partial charge >= 0.3 is 0 Å². The topological polar surface area (TPSA) is 24.9 Å². The third kappa shape index (κ3) is 3.17. The van der Waals surface area contributed by atoms with E-state index < -0.39 is 0 Å². The Kier molecular flexibility index (Phi) is 3.97. The van der Waals surface area contributed by atoms with E-state index in [1.54, 1.807) is 18.3 Å². The van der Waals surface area contributed by atoms with Crippen LogP contribution in [0.3, 0.4) is 0 Å². The van der Waals surface area contributed by atoms with Crippen LogP contribution >= 0.6 is 27.5 Å². The predicted octanol–water partition coefficient (Wildman–Crippen LogP) is 4.25. The maximum absolute atomic E-state index is 13.6. The number of pyridine rings is 1. The largest absolute Gasteiger partial charge is 0.380 e. The Morgan fingerprint density at radius 3 is 2.82 bits per heavy atom. The zero-order valence-corrected chi connectivity index (χ0v) is 11.1. The van der Waals surface area contributed by atoms with Crippen LogP contribution in [0.15, 0.2) is 41.1 Å². The number of anilines is 1. The van der Waals surface area contributed by atoms with Gasteiger partial charge in [0.2, 0.25) is 0 Å². The summed E-state index contributed by atoms with van der Waals surface area (Å²) >= 11 is 8.94. The van der Waals surface area contributed by atoms with Crippen molar-refractivity contribution in [2.24, 2.45) is 0 Å². The molecule has 0 fully saturated rings. The molecule has 0 saturated carbocycles. The van der Waals surface area contributed by atoms with Gasteiger partial charge in [-0.05, 0) is 34.1 Å². The molecule has 1 aromatic heterocycles. The number of benzene rings is 1. The molecule has 1 heterocycles. The van der Waals surface area contributed by atoms with E-state index in [0.717, 1.165) is 10.3 Å². The van der Waals surface area contributed by atoms with Gasteiger partial charge in [-0.1, -0.05) is 23.7 Å². The van der Waals surface area contributed by atoms with Crippen molar-refractivity contribution in [1.82, 2.24) is 4.98 Å². The smallest absolute Gasteiger partial charge is 0.146 e. The molecule has 0 aliphatic rings. The SMILES string of the molecule is Fc1c(Cl)cccc1CNc1ccc(Br)nc1. The van der Waals surface area contributed by atoms with E-state index in [4.69, 9.17) is 11.6 Å². The van der Waals surface area contributed by atoms with Crippen LogP contribution in [0, 0.1) is 5.82 Å². The molecule has 0 aliphatic heterocycles. The summed E-state index contributed by atoms with van der Waals surface area (Å²) in [6, 6.07) is 8.63. The summed E-state index contributed by atoms with van der Waals surface area (Å²) in [6.45, 7) is 0.371. The molecule has 0 radical (unpaired) electrons. The van der Waals surface area contributed by atoms with Gasteiger partial charge in [-0.2, -0.15) is 0 Å². The molecule has 2 rings (SSSR count). The van der Waals surface area contributed by atoms with Gasteiger partial charge in [0.1, 0.15) is 10.4 Å². The standard InChI is InChI=1S/C12H9BrClFN2/c13-11-5-4-9(7-17-11)16-6-8-2-1-3-10(14)12(8)15/h1-5,7,16H,6H2. The van der Waals surface area contributed by atoms with Crippen LogP contribution in [-0.4, -0.2) is 4.98 Å². The average molecular weight is 316 g/mol. The summed E-state index contributed by atoms with van der Waals surface area (Å²) in [5.74, 6) is -0.383. The van der Waals surface area contributed by atoms with E-state index in [2.05, 4.69) is 26.2 Å². The molecule has 2 nitrogen and oxygen atoms in total. The second kappa shape index (κ2) is 5.47. The summed E-state index contributed by atoms with van der Waals surface area (Å²) in [6.07, 6.45) is 1.67. The van der Waals surface area contributed by atoms with Crippen LogP contribution in [0.1, 0.15) is 5.56 Å². The molecule has 1 aromatic carbocycles. The first-order chi connectivity index (χ1) is 8.16. The molecule has 0 unspecified atom stereocenters. The van der Waals surface area contributed by atoms with Crippen LogP contribution in [0.2, 0.25) is 5.02 Å². The number of hydrogen-bond acceptors (Lipinski definition) is 2. The zero-order chi connectivity index (χ0) is 12.3. The molecular weight excluding hydrogens is 307 g/mol. The lowest BCUT2D eigenvalue weighted by Crippen LogP contribution is -2.02. The van der Waals surface area contributed by atoms with Crippen LogP contribution in [0.4, 0.5) is 10.1 Å². The van der Waals surface area contributed by atoms with Crippen molar-refractivity contribution in [3.63, 3.8) is 0 Å². The molecule has 0 saturated heterocycles. The van der Waals surface area contributed by atoms with Gasteiger partial charge < -0.3 is 5.32 Å². The first-order valence-electron chi connectivity index (χ1n) is 4.95. The van der Waals surface area contributed by atoms with Crippen LogP contribution in [0.5, 0.6) is 0 Å². The minimum atomic E-state index is -0.383. The van der Waals surface area contributed by atoms with Crippen molar-refractivity contribution in [1.29, 1.82) is 0 Å². The molecule has 88 valence electrons. The Balaban J connectivity index is 2.07. The van der Waals surface area contributed by atoms with Gasteiger partial charge in [0.15, 0.2) is 0 Å². The van der Waals surface area contributed by atoms with Gasteiger partial charge in [-0.25, -0.2) is 9.37 Å². The summed E-state index contributed by atoms with van der Waals surface area (Å²) in [4.78, 5) is 4.07. The minimum absolute atomic E-state index is 0.137. The second-order valence-electron chi connectivity index (χ2n) is 3.44. The highest BCUT2D eigenvalue weighted by Crippen LogP contribution is 2.19. The van der Waals surface area contributed by atoms with E-state index in [1.165, 1.54) is 6.07 Å². The predicted molar refractivity (Wildman–Crippen MR) is 70.7 cm³/mol. The number of aromatic nitrogens is 1. The summed E-state index contributed by atoms with van der Waals surface area (Å²) in [5.41, 5.74) is 1.35. The van der Waals surface area contributed by atoms with Crippen molar-refractivity contribution < 1.29 is 4.39 Å². The zero-order valence-electron chi connectivity index (χ0n) is 8.75. The van der Waals surface area contributed by atoms with E-state index in [9.17, 15) is 4.39 Å². The van der Waals surface area contributed by atoms with E-state index >= 15 is 0 Å². The average Bonchev–Trinajstić information content (AvgIpc) is 2.33. The number of rotatable bonds is 3. The molecule has 0 spiro atoms. The molecular formula is C12H9BrClFN2. The normalized spacial score (nSPS) is 10.3. The van der Waals surface area contributed by atoms with E-state index in [1.807, 2.05) is 12.1 Å². The molecule has 17 heavy (non-hydrogen) atoms. The quantitative estimate of drug-likeness (QED) is 0.857. The highest BCUT2D eigenvalue weighted by molar-refractivity contribution is 9.10. The Morgan fingerprint density at radius 1 is 1.29 bits per heavy atom. The van der Waals surface area contributed by atoms with Crippen LogP contribution in [-0.2, 0) is 6.54 Å². The number of nitrogens with one attached hydrogen (secondary N) is 1. The Hall–Kier alpha value is -1.13. The lowest BCUT2D eigenvalue weighted by molar-refractivity contribution is 0.613. The maximum Gasteiger partial charge on any atom is 0.146 e. The van der Waals surface area contributed by atoms with Gasteiger partial charge in [0, 0.05) is 12.1 Å². The van der Waals surface area contributed by atoms with Crippen molar-refractivity contribution in [2.75, 3.05) is 5.32 Å². The molecule has 0 aliphatic carbocycles. The number of halogens is 3. The monoisotopic (exact) mass is 314 g/mol. The summed E-state index contributed by atoms with van der Waals surface area (Å²) in [7, 11) is 0. The maximum atomic E-state index is 13.6. The van der Waals surface area contributed by atoms with Gasteiger partial charge in [0.25, 0.3) is 0 Å². The van der Waals surface area contributed by atoms with Gasteiger partial charge in [-0.15, -0.1) is 0 Å². The number of hydrogen-bond donors (Lipinski definition) is 1. The summed E-state index contributed by atoms with van der Waals surface area (Å²) < 4.78 is 14.3. The molecule has 5 heteroatoms. The lowest BCUT2D eigenvalue weighted by Gasteiger charge is -2.07. The van der Waals surface area contributed by atoms with Crippen LogP contribution < -0.4 is 5.32 Å². The molecule has 0 atom stereocenters. The van der Waals surface area contributed by atoms with E-state index in [0.29, 0.717) is 12.1 Å². The third-order valence-electron chi connectivity index (χ3n) is 2.24.